The van der Waals surface area contributed by atoms with Gasteiger partial charge in [0.15, 0.2) is 0 Å². The van der Waals surface area contributed by atoms with Gasteiger partial charge >= 0.3 is 0 Å². The lowest BCUT2D eigenvalue weighted by molar-refractivity contribution is 0.0714. The highest BCUT2D eigenvalue weighted by molar-refractivity contribution is 9.08. The van der Waals surface area contributed by atoms with Crippen molar-refractivity contribution in [3.05, 3.63) is 28.8 Å². The zero-order valence-electron chi connectivity index (χ0n) is 8.80. The van der Waals surface area contributed by atoms with Crippen LogP contribution in [0.2, 0.25) is 5.02 Å². The number of benzene rings is 1. The fraction of sp³-hybridized carbons (Fsp3) is 0.455. The molecular formula is C11H14BrClO2. The molecule has 0 aliphatic heterocycles. The zero-order chi connectivity index (χ0) is 11.3. The number of rotatable bonds is 5. The molecule has 0 heterocycles. The molecule has 4 heteroatoms. The fourth-order valence-electron chi connectivity index (χ4n) is 1.08. The van der Waals surface area contributed by atoms with Gasteiger partial charge in [-0.2, -0.15) is 0 Å². The van der Waals surface area contributed by atoms with E-state index in [0.29, 0.717) is 11.9 Å². The Morgan fingerprint density at radius 3 is 2.80 bits per heavy atom. The Bertz CT molecular complexity index is 317. The predicted octanol–water partition coefficient (Wildman–Crippen LogP) is 3.65. The Morgan fingerprint density at radius 2 is 2.20 bits per heavy atom. The van der Waals surface area contributed by atoms with Crippen LogP contribution in [0.4, 0.5) is 0 Å². The van der Waals surface area contributed by atoms with Crippen LogP contribution in [-0.4, -0.2) is 19.8 Å². The largest absolute Gasteiger partial charge is 0.491 e. The van der Waals surface area contributed by atoms with E-state index >= 15 is 0 Å². The second kappa shape index (κ2) is 6.36. The molecule has 0 spiro atoms. The first kappa shape index (κ1) is 12.8. The lowest BCUT2D eigenvalue weighted by Crippen LogP contribution is -2.16. The number of methoxy groups -OCH3 is 1. The van der Waals surface area contributed by atoms with Crippen LogP contribution in [0.1, 0.15) is 12.5 Å². The molecule has 1 unspecified atom stereocenters. The molecule has 1 aromatic rings. The first-order valence-corrected chi connectivity index (χ1v) is 6.18. The molecule has 84 valence electrons. The average molecular weight is 294 g/mol. The first-order chi connectivity index (χ1) is 7.19. The van der Waals surface area contributed by atoms with E-state index in [9.17, 15) is 0 Å². The maximum atomic E-state index is 6.04. The Labute approximate surface area is 104 Å². The van der Waals surface area contributed by atoms with Crippen LogP contribution in [0.25, 0.3) is 0 Å². The van der Waals surface area contributed by atoms with Gasteiger partial charge in [0.1, 0.15) is 12.4 Å². The van der Waals surface area contributed by atoms with Crippen molar-refractivity contribution in [1.82, 2.24) is 0 Å². The highest BCUT2D eigenvalue weighted by atomic mass is 79.9. The van der Waals surface area contributed by atoms with E-state index in [1.807, 2.05) is 25.1 Å². The molecule has 0 N–H and O–H groups in total. The highest BCUT2D eigenvalue weighted by Gasteiger charge is 2.08. The molecule has 1 aromatic carbocycles. The molecule has 0 radical (unpaired) electrons. The summed E-state index contributed by atoms with van der Waals surface area (Å²) in [6, 6.07) is 5.64. The minimum atomic E-state index is 0.0761. The van der Waals surface area contributed by atoms with E-state index in [1.54, 1.807) is 7.11 Å². The van der Waals surface area contributed by atoms with Crippen molar-refractivity contribution in [2.45, 2.75) is 18.4 Å². The van der Waals surface area contributed by atoms with E-state index in [-0.39, 0.29) is 6.10 Å². The van der Waals surface area contributed by atoms with Crippen LogP contribution in [0.5, 0.6) is 5.75 Å². The summed E-state index contributed by atoms with van der Waals surface area (Å²) in [5, 5.41) is 1.40. The van der Waals surface area contributed by atoms with Gasteiger partial charge in [-0.15, -0.1) is 0 Å². The molecule has 1 atom stereocenters. The molecule has 0 aliphatic rings. The van der Waals surface area contributed by atoms with E-state index in [0.717, 1.165) is 16.3 Å². The van der Waals surface area contributed by atoms with Crippen molar-refractivity contribution in [3.63, 3.8) is 0 Å². The van der Waals surface area contributed by atoms with E-state index in [4.69, 9.17) is 21.1 Å². The van der Waals surface area contributed by atoms with Crippen LogP contribution in [0.15, 0.2) is 18.2 Å². The van der Waals surface area contributed by atoms with Gasteiger partial charge in [0, 0.05) is 23.0 Å². The summed E-state index contributed by atoms with van der Waals surface area (Å²) in [6.07, 6.45) is 0.0761. The van der Waals surface area contributed by atoms with Gasteiger partial charge in [0.05, 0.1) is 6.10 Å². The Kier molecular flexibility index (Phi) is 5.43. The molecular weight excluding hydrogens is 279 g/mol. The smallest absolute Gasteiger partial charge is 0.124 e. The molecule has 15 heavy (non-hydrogen) atoms. The van der Waals surface area contributed by atoms with Crippen molar-refractivity contribution in [3.8, 4) is 5.75 Å². The van der Waals surface area contributed by atoms with Gasteiger partial charge in [-0.3, -0.25) is 0 Å². The molecule has 0 saturated heterocycles. The van der Waals surface area contributed by atoms with Crippen molar-refractivity contribution < 1.29 is 9.47 Å². The first-order valence-electron chi connectivity index (χ1n) is 4.68. The quantitative estimate of drug-likeness (QED) is 0.772. The van der Waals surface area contributed by atoms with Crippen LogP contribution < -0.4 is 4.74 Å². The van der Waals surface area contributed by atoms with Gasteiger partial charge in [-0.05, 0) is 19.1 Å². The topological polar surface area (TPSA) is 18.5 Å². The molecule has 0 bridgehead atoms. The number of alkyl halides is 1. The van der Waals surface area contributed by atoms with Crippen molar-refractivity contribution in [2.75, 3.05) is 13.7 Å². The summed E-state index contributed by atoms with van der Waals surface area (Å²) >= 11 is 9.43. The summed E-state index contributed by atoms with van der Waals surface area (Å²) in [4.78, 5) is 0. The minimum Gasteiger partial charge on any atom is -0.491 e. The second-order valence-corrected chi connectivity index (χ2v) is 4.18. The molecule has 2 nitrogen and oxygen atoms in total. The number of ether oxygens (including phenoxy) is 2. The summed E-state index contributed by atoms with van der Waals surface area (Å²) < 4.78 is 10.7. The van der Waals surface area contributed by atoms with Crippen molar-refractivity contribution >= 4 is 27.5 Å². The van der Waals surface area contributed by atoms with Crippen LogP contribution >= 0.6 is 27.5 Å². The fourth-order valence-corrected chi connectivity index (χ4v) is 2.05. The summed E-state index contributed by atoms with van der Waals surface area (Å²) in [7, 11) is 1.66. The Balaban J connectivity index is 2.72. The minimum absolute atomic E-state index is 0.0761. The molecule has 0 aliphatic carbocycles. The monoisotopic (exact) mass is 292 g/mol. The molecule has 0 fully saturated rings. The van der Waals surface area contributed by atoms with Gasteiger partial charge in [0.25, 0.3) is 0 Å². The normalized spacial score (nSPS) is 12.5. The number of hydrogen-bond acceptors (Lipinski definition) is 2. The third-order valence-corrected chi connectivity index (χ3v) is 3.00. The predicted molar refractivity (Wildman–Crippen MR) is 66.0 cm³/mol. The molecule has 0 aromatic heterocycles. The Morgan fingerprint density at radius 1 is 1.47 bits per heavy atom. The Hall–Kier alpha value is -0.250. The highest BCUT2D eigenvalue weighted by Crippen LogP contribution is 2.28. The maximum Gasteiger partial charge on any atom is 0.124 e. The number of hydrogen-bond donors (Lipinski definition) is 0. The van der Waals surface area contributed by atoms with Crippen molar-refractivity contribution in [1.29, 1.82) is 0 Å². The standard InChI is InChI=1S/C11H14BrClO2/c1-8(14-2)7-15-11-5-3-4-10(13)9(11)6-12/h3-5,8H,6-7H2,1-2H3. The van der Waals surface area contributed by atoms with E-state index in [2.05, 4.69) is 15.9 Å². The lowest BCUT2D eigenvalue weighted by Gasteiger charge is -2.14. The maximum absolute atomic E-state index is 6.04. The van der Waals surface area contributed by atoms with Gasteiger partial charge in [-0.1, -0.05) is 33.6 Å². The molecule has 0 amide bonds. The summed E-state index contributed by atoms with van der Waals surface area (Å²) in [5.41, 5.74) is 0.975. The van der Waals surface area contributed by atoms with Crippen LogP contribution in [0, 0.1) is 0 Å². The lowest BCUT2D eigenvalue weighted by atomic mass is 10.2. The third kappa shape index (κ3) is 3.67. The third-order valence-electron chi connectivity index (χ3n) is 2.09. The zero-order valence-corrected chi connectivity index (χ0v) is 11.1. The van der Waals surface area contributed by atoms with Gasteiger partial charge in [0.2, 0.25) is 0 Å². The van der Waals surface area contributed by atoms with Crippen LogP contribution in [-0.2, 0) is 10.1 Å². The molecule has 1 rings (SSSR count). The number of halogens is 2. The SMILES string of the molecule is COC(C)COc1cccc(Cl)c1CBr. The summed E-state index contributed by atoms with van der Waals surface area (Å²) in [6.45, 7) is 2.48. The summed E-state index contributed by atoms with van der Waals surface area (Å²) in [5.74, 6) is 0.809. The average Bonchev–Trinajstić information content (AvgIpc) is 2.25. The molecule has 0 saturated carbocycles. The van der Waals surface area contributed by atoms with E-state index in [1.165, 1.54) is 0 Å². The second-order valence-electron chi connectivity index (χ2n) is 3.21. The van der Waals surface area contributed by atoms with Crippen molar-refractivity contribution in [2.24, 2.45) is 0 Å². The van der Waals surface area contributed by atoms with Crippen LogP contribution in [0.3, 0.4) is 0 Å². The van der Waals surface area contributed by atoms with Gasteiger partial charge < -0.3 is 9.47 Å². The van der Waals surface area contributed by atoms with Gasteiger partial charge in [-0.25, -0.2) is 0 Å². The van der Waals surface area contributed by atoms with E-state index < -0.39 is 0 Å².